The third-order valence-electron chi connectivity index (χ3n) is 3.82. The van der Waals surface area contributed by atoms with Gasteiger partial charge in [0.25, 0.3) is 10.0 Å². The van der Waals surface area contributed by atoms with Gasteiger partial charge < -0.3 is 0 Å². The summed E-state index contributed by atoms with van der Waals surface area (Å²) < 4.78 is 27.4. The Labute approximate surface area is 145 Å². The van der Waals surface area contributed by atoms with Crippen LogP contribution in [0.25, 0.3) is 10.9 Å². The van der Waals surface area contributed by atoms with Crippen LogP contribution >= 0.6 is 11.8 Å². The van der Waals surface area contributed by atoms with Crippen molar-refractivity contribution in [3.63, 3.8) is 0 Å². The predicted molar refractivity (Wildman–Crippen MR) is 98.2 cm³/mol. The molecule has 0 aliphatic carbocycles. The maximum absolute atomic E-state index is 13.1. The minimum atomic E-state index is -3.84. The van der Waals surface area contributed by atoms with Crippen molar-refractivity contribution in [2.24, 2.45) is 0 Å². The zero-order valence-electron chi connectivity index (χ0n) is 13.2. The summed E-state index contributed by atoms with van der Waals surface area (Å²) in [6.07, 6.45) is 0.645. The van der Waals surface area contributed by atoms with E-state index in [-0.39, 0.29) is 10.6 Å². The van der Waals surface area contributed by atoms with E-state index in [2.05, 4.69) is 0 Å². The van der Waals surface area contributed by atoms with Crippen LogP contribution in [0, 0.1) is 0 Å². The molecular formula is C18H17NO3S2. The van der Waals surface area contributed by atoms with E-state index in [0.29, 0.717) is 17.6 Å². The Morgan fingerprint density at radius 2 is 1.71 bits per heavy atom. The van der Waals surface area contributed by atoms with Gasteiger partial charge in [0.1, 0.15) is 5.69 Å². The van der Waals surface area contributed by atoms with Crippen molar-refractivity contribution < 1.29 is 13.2 Å². The molecule has 1 heterocycles. The molecule has 0 atom stereocenters. The first-order valence-corrected chi connectivity index (χ1v) is 10.2. The van der Waals surface area contributed by atoms with Crippen molar-refractivity contribution in [1.82, 2.24) is 3.97 Å². The van der Waals surface area contributed by atoms with Crippen LogP contribution in [-0.2, 0) is 15.8 Å². The van der Waals surface area contributed by atoms with E-state index < -0.39 is 10.0 Å². The lowest BCUT2D eigenvalue weighted by molar-refractivity contribution is 0.111. The van der Waals surface area contributed by atoms with Crippen molar-refractivity contribution in [2.75, 3.05) is 5.75 Å². The molecule has 0 unspecified atom stereocenters. The average Bonchev–Trinajstić information content (AvgIpc) is 2.94. The van der Waals surface area contributed by atoms with Crippen LogP contribution < -0.4 is 0 Å². The zero-order chi connectivity index (χ0) is 17.2. The largest absolute Gasteiger partial charge is 0.296 e. The van der Waals surface area contributed by atoms with E-state index in [4.69, 9.17) is 0 Å². The Balaban J connectivity index is 2.34. The summed E-state index contributed by atoms with van der Waals surface area (Å²) in [7, 11) is -3.84. The Kier molecular flexibility index (Phi) is 4.78. The topological polar surface area (TPSA) is 56.1 Å². The molecule has 1 aromatic heterocycles. The van der Waals surface area contributed by atoms with Crippen molar-refractivity contribution >= 4 is 39.0 Å². The first kappa shape index (κ1) is 16.8. The second-order valence-electron chi connectivity index (χ2n) is 5.22. The number of thioether (sulfide) groups is 1. The number of fused-ring (bicyclic) bond motifs is 1. The van der Waals surface area contributed by atoms with E-state index in [1.54, 1.807) is 54.2 Å². The molecule has 3 aromatic rings. The van der Waals surface area contributed by atoms with E-state index in [1.165, 1.54) is 3.97 Å². The average molecular weight is 359 g/mol. The van der Waals surface area contributed by atoms with Gasteiger partial charge in [-0.05, 0) is 29.5 Å². The Morgan fingerprint density at radius 1 is 1.04 bits per heavy atom. The molecule has 0 aliphatic rings. The lowest BCUT2D eigenvalue weighted by atomic mass is 10.1. The number of rotatable bonds is 6. The molecule has 0 radical (unpaired) electrons. The molecule has 2 aromatic carbocycles. The van der Waals surface area contributed by atoms with Crippen LogP contribution in [0.2, 0.25) is 0 Å². The van der Waals surface area contributed by atoms with Crippen molar-refractivity contribution in [3.8, 4) is 0 Å². The van der Waals surface area contributed by atoms with E-state index in [1.807, 2.05) is 19.1 Å². The molecule has 0 aliphatic heterocycles. The quantitative estimate of drug-likeness (QED) is 0.626. The molecule has 0 bridgehead atoms. The summed E-state index contributed by atoms with van der Waals surface area (Å²) in [6, 6.07) is 15.4. The normalized spacial score (nSPS) is 11.7. The van der Waals surface area contributed by atoms with Gasteiger partial charge in [0.15, 0.2) is 6.29 Å². The highest BCUT2D eigenvalue weighted by Gasteiger charge is 2.26. The molecule has 0 saturated heterocycles. The Hall–Kier alpha value is -2.05. The van der Waals surface area contributed by atoms with Gasteiger partial charge in [-0.3, -0.25) is 4.79 Å². The Morgan fingerprint density at radius 3 is 2.38 bits per heavy atom. The first-order valence-electron chi connectivity index (χ1n) is 7.57. The van der Waals surface area contributed by atoms with Gasteiger partial charge >= 0.3 is 0 Å². The van der Waals surface area contributed by atoms with Crippen LogP contribution in [0.1, 0.15) is 23.0 Å². The molecule has 124 valence electrons. The number of carbonyl (C=O) groups is 1. The van der Waals surface area contributed by atoms with E-state index in [0.717, 1.165) is 16.7 Å². The van der Waals surface area contributed by atoms with Gasteiger partial charge in [-0.1, -0.05) is 43.3 Å². The summed E-state index contributed by atoms with van der Waals surface area (Å²) in [6.45, 7) is 2.03. The molecular weight excluding hydrogens is 342 g/mol. The molecule has 6 heteroatoms. The molecule has 3 rings (SSSR count). The molecule has 0 spiro atoms. The van der Waals surface area contributed by atoms with Crippen LogP contribution in [0.15, 0.2) is 59.5 Å². The van der Waals surface area contributed by atoms with Crippen LogP contribution in [0.3, 0.4) is 0 Å². The van der Waals surface area contributed by atoms with Crippen molar-refractivity contribution in [3.05, 3.63) is 65.9 Å². The van der Waals surface area contributed by atoms with Crippen molar-refractivity contribution in [1.29, 1.82) is 0 Å². The maximum atomic E-state index is 13.1. The minimum absolute atomic E-state index is 0.170. The van der Waals surface area contributed by atoms with Gasteiger partial charge in [-0.25, -0.2) is 12.4 Å². The number of para-hydroxylation sites is 1. The standard InChI is InChI=1S/C18H17NO3S2/c1-2-23-13-16-15-10-6-7-11-17(15)19(18(16)12-20)24(21,22)14-8-4-3-5-9-14/h3-12H,2,13H2,1H3. The van der Waals surface area contributed by atoms with Crippen LogP contribution in [-0.4, -0.2) is 24.4 Å². The fraction of sp³-hybridized carbons (Fsp3) is 0.167. The summed E-state index contributed by atoms with van der Waals surface area (Å²) in [5, 5.41) is 0.806. The fourth-order valence-electron chi connectivity index (χ4n) is 2.73. The monoisotopic (exact) mass is 359 g/mol. The summed E-state index contributed by atoms with van der Waals surface area (Å²) in [4.78, 5) is 11.9. The number of hydrogen-bond acceptors (Lipinski definition) is 4. The van der Waals surface area contributed by atoms with Crippen LogP contribution in [0.4, 0.5) is 0 Å². The van der Waals surface area contributed by atoms with Gasteiger partial charge in [-0.15, -0.1) is 0 Å². The third-order valence-corrected chi connectivity index (χ3v) is 6.46. The number of nitrogens with zero attached hydrogens (tertiary/aromatic N) is 1. The van der Waals surface area contributed by atoms with Gasteiger partial charge in [0.2, 0.25) is 0 Å². The Bertz CT molecular complexity index is 976. The lowest BCUT2D eigenvalue weighted by Gasteiger charge is -2.09. The number of aromatic nitrogens is 1. The van der Waals surface area contributed by atoms with Gasteiger partial charge in [0.05, 0.1) is 10.4 Å². The fourth-order valence-corrected chi connectivity index (χ4v) is 4.98. The van der Waals surface area contributed by atoms with Crippen LogP contribution in [0.5, 0.6) is 0 Å². The van der Waals surface area contributed by atoms with E-state index >= 15 is 0 Å². The first-order chi connectivity index (χ1) is 11.6. The molecule has 0 amide bonds. The number of aldehydes is 1. The molecule has 4 nitrogen and oxygen atoms in total. The summed E-state index contributed by atoms with van der Waals surface area (Å²) in [5.41, 5.74) is 1.52. The number of hydrogen-bond donors (Lipinski definition) is 0. The maximum Gasteiger partial charge on any atom is 0.268 e. The summed E-state index contributed by atoms with van der Waals surface area (Å²) in [5.74, 6) is 1.49. The highest BCUT2D eigenvalue weighted by atomic mass is 32.2. The van der Waals surface area contributed by atoms with Crippen molar-refractivity contribution in [2.45, 2.75) is 17.6 Å². The predicted octanol–water partition coefficient (Wildman–Crippen LogP) is 3.94. The molecule has 24 heavy (non-hydrogen) atoms. The third kappa shape index (κ3) is 2.76. The SMILES string of the molecule is CCSCc1c(C=O)n(S(=O)(=O)c2ccccc2)c2ccccc12. The smallest absolute Gasteiger partial charge is 0.268 e. The minimum Gasteiger partial charge on any atom is -0.296 e. The van der Waals surface area contributed by atoms with Gasteiger partial charge in [0, 0.05) is 11.1 Å². The molecule has 0 saturated carbocycles. The second-order valence-corrected chi connectivity index (χ2v) is 8.28. The highest BCUT2D eigenvalue weighted by molar-refractivity contribution is 7.98. The van der Waals surface area contributed by atoms with E-state index in [9.17, 15) is 13.2 Å². The molecule has 0 fully saturated rings. The second kappa shape index (κ2) is 6.83. The highest BCUT2D eigenvalue weighted by Crippen LogP contribution is 2.31. The number of benzene rings is 2. The molecule has 0 N–H and O–H groups in total. The van der Waals surface area contributed by atoms with Gasteiger partial charge in [-0.2, -0.15) is 11.8 Å². The zero-order valence-corrected chi connectivity index (χ0v) is 14.8. The number of carbonyl (C=O) groups excluding carboxylic acids is 1. The summed E-state index contributed by atoms with van der Waals surface area (Å²) >= 11 is 1.66. The lowest BCUT2D eigenvalue weighted by Crippen LogP contribution is -2.16.